The van der Waals surface area contributed by atoms with Gasteiger partial charge in [-0.25, -0.2) is 8.78 Å². The molecule has 1 aliphatic heterocycles. The summed E-state index contributed by atoms with van der Waals surface area (Å²) >= 11 is 0. The van der Waals surface area contributed by atoms with Crippen LogP contribution in [0.1, 0.15) is 54.1 Å². The molecule has 1 aliphatic carbocycles. The minimum absolute atomic E-state index is 0.0321. The van der Waals surface area contributed by atoms with E-state index in [2.05, 4.69) is 11.4 Å². The minimum Gasteiger partial charge on any atom is -0.303 e. The maximum atomic E-state index is 14.4. The average Bonchev–Trinajstić information content (AvgIpc) is 3.49. The standard InChI is InChI=1S/C26H24F2N4O/c27-20-9-8-19(21(28)13-20)15-32-22-10-11-30-25(26(33)17-5-1-2-6-17)23(22)24(31-32)18-7-3-4-16(12-18)14-29/h3-4,7-9,12-13,17,25,30H,1-2,5-6,10-11,15H2. The Labute approximate surface area is 191 Å². The van der Waals surface area contributed by atoms with Crippen LogP contribution in [0, 0.1) is 28.9 Å². The van der Waals surface area contributed by atoms with E-state index in [9.17, 15) is 18.8 Å². The van der Waals surface area contributed by atoms with Crippen molar-refractivity contribution in [3.05, 3.63) is 76.5 Å². The van der Waals surface area contributed by atoms with Crippen molar-refractivity contribution in [2.24, 2.45) is 5.92 Å². The van der Waals surface area contributed by atoms with E-state index in [1.165, 1.54) is 12.1 Å². The molecule has 1 atom stereocenters. The molecule has 0 amide bonds. The third kappa shape index (κ3) is 4.07. The van der Waals surface area contributed by atoms with E-state index in [4.69, 9.17) is 5.10 Å². The number of benzene rings is 2. The van der Waals surface area contributed by atoms with Gasteiger partial charge < -0.3 is 5.32 Å². The molecule has 7 heteroatoms. The summed E-state index contributed by atoms with van der Waals surface area (Å²) < 4.78 is 29.6. The highest BCUT2D eigenvalue weighted by molar-refractivity contribution is 5.90. The number of aromatic nitrogens is 2. The van der Waals surface area contributed by atoms with Crippen LogP contribution in [-0.4, -0.2) is 22.1 Å². The molecular weight excluding hydrogens is 422 g/mol. The molecule has 2 aliphatic rings. The van der Waals surface area contributed by atoms with Gasteiger partial charge in [-0.3, -0.25) is 9.48 Å². The van der Waals surface area contributed by atoms with Crippen LogP contribution in [0.15, 0.2) is 42.5 Å². The topological polar surface area (TPSA) is 70.7 Å². The second-order valence-corrected chi connectivity index (χ2v) is 8.82. The van der Waals surface area contributed by atoms with Gasteiger partial charge in [0.15, 0.2) is 5.78 Å². The van der Waals surface area contributed by atoms with Crippen molar-refractivity contribution in [3.63, 3.8) is 0 Å². The first-order chi connectivity index (χ1) is 16.0. The van der Waals surface area contributed by atoms with Crippen molar-refractivity contribution in [2.75, 3.05) is 6.54 Å². The lowest BCUT2D eigenvalue weighted by atomic mass is 9.86. The van der Waals surface area contributed by atoms with Crippen LogP contribution < -0.4 is 5.32 Å². The molecule has 1 N–H and O–H groups in total. The van der Waals surface area contributed by atoms with E-state index in [1.54, 1.807) is 22.9 Å². The fourth-order valence-electron chi connectivity index (χ4n) is 5.09. The van der Waals surface area contributed by atoms with Gasteiger partial charge in [-0.1, -0.05) is 31.0 Å². The third-order valence-electron chi connectivity index (χ3n) is 6.74. The first-order valence-electron chi connectivity index (χ1n) is 11.4. The zero-order valence-corrected chi connectivity index (χ0v) is 18.2. The number of fused-ring (bicyclic) bond motifs is 1. The second kappa shape index (κ2) is 8.87. The average molecular weight is 447 g/mol. The fourth-order valence-corrected chi connectivity index (χ4v) is 5.09. The predicted molar refractivity (Wildman–Crippen MR) is 119 cm³/mol. The van der Waals surface area contributed by atoms with Gasteiger partial charge >= 0.3 is 0 Å². The van der Waals surface area contributed by atoms with Crippen molar-refractivity contribution in [1.82, 2.24) is 15.1 Å². The van der Waals surface area contributed by atoms with E-state index in [0.29, 0.717) is 29.8 Å². The molecule has 33 heavy (non-hydrogen) atoms. The van der Waals surface area contributed by atoms with Gasteiger partial charge in [-0.05, 0) is 31.0 Å². The Hall–Kier alpha value is -3.37. The smallest absolute Gasteiger partial charge is 0.157 e. The number of carbonyl (C=O) groups excluding carboxylic acids is 1. The van der Waals surface area contributed by atoms with Crippen LogP contribution in [0.4, 0.5) is 8.78 Å². The number of nitrogens with one attached hydrogen (secondary N) is 1. The molecule has 1 saturated carbocycles. The maximum absolute atomic E-state index is 14.4. The molecule has 168 valence electrons. The van der Waals surface area contributed by atoms with Gasteiger partial charge in [-0.2, -0.15) is 10.4 Å². The number of rotatable bonds is 5. The minimum atomic E-state index is -0.626. The number of nitrogens with zero attached hydrogens (tertiary/aromatic N) is 3. The monoisotopic (exact) mass is 446 g/mol. The van der Waals surface area contributed by atoms with Crippen LogP contribution in [0.2, 0.25) is 0 Å². The Kier molecular flexibility index (Phi) is 5.77. The van der Waals surface area contributed by atoms with Crippen molar-refractivity contribution in [1.29, 1.82) is 5.26 Å². The van der Waals surface area contributed by atoms with E-state index in [0.717, 1.165) is 48.6 Å². The zero-order chi connectivity index (χ0) is 22.9. The lowest BCUT2D eigenvalue weighted by Gasteiger charge is -2.27. The quantitative estimate of drug-likeness (QED) is 0.617. The molecule has 1 fully saturated rings. The number of hydrogen-bond acceptors (Lipinski definition) is 4. The predicted octanol–water partition coefficient (Wildman–Crippen LogP) is 4.69. The highest BCUT2D eigenvalue weighted by Gasteiger charge is 2.37. The van der Waals surface area contributed by atoms with E-state index in [1.807, 2.05) is 6.07 Å². The summed E-state index contributed by atoms with van der Waals surface area (Å²) in [5.41, 5.74) is 3.91. The van der Waals surface area contributed by atoms with Gasteiger partial charge in [0.05, 0.1) is 29.9 Å². The maximum Gasteiger partial charge on any atom is 0.157 e. The normalized spacial score (nSPS) is 18.2. The number of ketones is 1. The van der Waals surface area contributed by atoms with Crippen molar-refractivity contribution in [2.45, 2.75) is 44.7 Å². The molecule has 0 bridgehead atoms. The second-order valence-electron chi connectivity index (χ2n) is 8.82. The number of halogens is 2. The molecule has 5 nitrogen and oxygen atoms in total. The molecule has 0 radical (unpaired) electrons. The van der Waals surface area contributed by atoms with Gasteiger partial charge in [0, 0.05) is 47.3 Å². The van der Waals surface area contributed by atoms with Crippen molar-refractivity contribution in [3.8, 4) is 17.3 Å². The van der Waals surface area contributed by atoms with Crippen LogP contribution in [-0.2, 0) is 17.8 Å². The summed E-state index contributed by atoms with van der Waals surface area (Å²) in [4.78, 5) is 13.5. The lowest BCUT2D eigenvalue weighted by molar-refractivity contribution is -0.125. The fraction of sp³-hybridized carbons (Fsp3) is 0.346. The van der Waals surface area contributed by atoms with E-state index >= 15 is 0 Å². The number of nitriles is 1. The van der Waals surface area contributed by atoms with E-state index < -0.39 is 17.7 Å². The van der Waals surface area contributed by atoms with Gasteiger partial charge in [-0.15, -0.1) is 0 Å². The van der Waals surface area contributed by atoms with Crippen LogP contribution in [0.25, 0.3) is 11.3 Å². The van der Waals surface area contributed by atoms with Crippen LogP contribution in [0.3, 0.4) is 0 Å². The van der Waals surface area contributed by atoms with Crippen LogP contribution in [0.5, 0.6) is 0 Å². The molecule has 1 unspecified atom stereocenters. The molecule has 2 aromatic carbocycles. The molecule has 3 aromatic rings. The van der Waals surface area contributed by atoms with Crippen LogP contribution >= 0.6 is 0 Å². The summed E-state index contributed by atoms with van der Waals surface area (Å²) in [6.45, 7) is 0.752. The Morgan fingerprint density at radius 2 is 2.00 bits per heavy atom. The van der Waals surface area contributed by atoms with Crippen molar-refractivity contribution >= 4 is 5.78 Å². The Morgan fingerprint density at radius 3 is 2.76 bits per heavy atom. The summed E-state index contributed by atoms with van der Waals surface area (Å²) in [6, 6.07) is 12.4. The first kappa shape index (κ1) is 21.5. The molecule has 2 heterocycles. The number of Topliss-reactive ketones (excluding diaryl/α,β-unsaturated/α-hetero) is 1. The molecular formula is C26H24F2N4O. The molecule has 0 saturated heterocycles. The molecule has 0 spiro atoms. The summed E-state index contributed by atoms with van der Waals surface area (Å²) in [6.07, 6.45) is 4.57. The van der Waals surface area contributed by atoms with Gasteiger partial charge in [0.1, 0.15) is 11.6 Å². The molecule has 1 aromatic heterocycles. The number of hydrogen-bond donors (Lipinski definition) is 1. The zero-order valence-electron chi connectivity index (χ0n) is 18.2. The number of carbonyl (C=O) groups is 1. The largest absolute Gasteiger partial charge is 0.303 e. The summed E-state index contributed by atoms with van der Waals surface area (Å²) in [7, 11) is 0. The highest BCUT2D eigenvalue weighted by Crippen LogP contribution is 2.38. The van der Waals surface area contributed by atoms with Gasteiger partial charge in [0.25, 0.3) is 0 Å². The third-order valence-corrected chi connectivity index (χ3v) is 6.74. The SMILES string of the molecule is N#Cc1cccc(-c2nn(Cc3ccc(F)cc3F)c3c2C(C(=O)C2CCCC2)NCC3)c1. The molecule has 5 rings (SSSR count). The summed E-state index contributed by atoms with van der Waals surface area (Å²) in [5.74, 6) is -1.04. The highest BCUT2D eigenvalue weighted by atomic mass is 19.1. The Morgan fingerprint density at radius 1 is 1.18 bits per heavy atom. The lowest BCUT2D eigenvalue weighted by Crippen LogP contribution is -2.38. The Bertz CT molecular complexity index is 1250. The summed E-state index contributed by atoms with van der Waals surface area (Å²) in [5, 5.41) is 17.6. The van der Waals surface area contributed by atoms with E-state index in [-0.39, 0.29) is 18.2 Å². The first-order valence-corrected chi connectivity index (χ1v) is 11.4. The van der Waals surface area contributed by atoms with Crippen molar-refractivity contribution < 1.29 is 13.6 Å². The Balaban J connectivity index is 1.63. The van der Waals surface area contributed by atoms with Gasteiger partial charge in [0.2, 0.25) is 0 Å².